The highest BCUT2D eigenvalue weighted by atomic mass is 32.1. The monoisotopic (exact) mass is 193 g/mol. The van der Waals surface area contributed by atoms with Crippen molar-refractivity contribution in [3.8, 4) is 5.75 Å². The molecule has 66 valence electrons. The standard InChI is InChI=1S/C9H7NO2S/c11-7-5-3-1-2-4-6(5)10-9(12)8(7)13/h1-4,13H,(H2,10,11,12). The molecule has 1 aromatic carbocycles. The van der Waals surface area contributed by atoms with Crippen molar-refractivity contribution in [3.05, 3.63) is 34.6 Å². The zero-order valence-electron chi connectivity index (χ0n) is 6.61. The number of fused-ring (bicyclic) bond motifs is 1. The Kier molecular flexibility index (Phi) is 1.77. The molecule has 4 heteroatoms. The molecule has 0 bridgehead atoms. The van der Waals surface area contributed by atoms with Crippen LogP contribution in [0.15, 0.2) is 34.0 Å². The third-order valence-electron chi connectivity index (χ3n) is 1.87. The summed E-state index contributed by atoms with van der Waals surface area (Å²) in [6.07, 6.45) is 0. The van der Waals surface area contributed by atoms with Crippen molar-refractivity contribution >= 4 is 23.5 Å². The second-order valence-corrected chi connectivity index (χ2v) is 3.14. The van der Waals surface area contributed by atoms with Gasteiger partial charge in [0.15, 0.2) is 0 Å². The van der Waals surface area contributed by atoms with Gasteiger partial charge in [-0.25, -0.2) is 0 Å². The van der Waals surface area contributed by atoms with Crippen LogP contribution in [0.1, 0.15) is 0 Å². The summed E-state index contributed by atoms with van der Waals surface area (Å²) in [6, 6.07) is 7.02. The van der Waals surface area contributed by atoms with Gasteiger partial charge >= 0.3 is 0 Å². The second kappa shape index (κ2) is 2.81. The van der Waals surface area contributed by atoms with Crippen molar-refractivity contribution < 1.29 is 5.11 Å². The highest BCUT2D eigenvalue weighted by Crippen LogP contribution is 2.25. The van der Waals surface area contributed by atoms with E-state index in [-0.39, 0.29) is 16.2 Å². The first-order chi connectivity index (χ1) is 6.20. The van der Waals surface area contributed by atoms with Gasteiger partial charge in [-0.2, -0.15) is 0 Å². The second-order valence-electron chi connectivity index (χ2n) is 2.70. The molecule has 0 amide bonds. The van der Waals surface area contributed by atoms with Gasteiger partial charge in [0.2, 0.25) is 0 Å². The third-order valence-corrected chi connectivity index (χ3v) is 2.28. The van der Waals surface area contributed by atoms with E-state index in [1.54, 1.807) is 24.3 Å². The molecular weight excluding hydrogens is 186 g/mol. The zero-order valence-corrected chi connectivity index (χ0v) is 7.51. The summed E-state index contributed by atoms with van der Waals surface area (Å²) in [5.74, 6) is -0.0670. The first-order valence-electron chi connectivity index (χ1n) is 3.73. The number of thiol groups is 1. The van der Waals surface area contributed by atoms with Crippen LogP contribution in [-0.4, -0.2) is 10.1 Å². The Labute approximate surface area is 79.4 Å². The molecule has 1 aromatic heterocycles. The van der Waals surface area contributed by atoms with Crippen LogP contribution in [-0.2, 0) is 0 Å². The molecule has 13 heavy (non-hydrogen) atoms. The average molecular weight is 193 g/mol. The number of para-hydroxylation sites is 1. The fourth-order valence-corrected chi connectivity index (χ4v) is 1.39. The predicted molar refractivity (Wildman–Crippen MR) is 53.5 cm³/mol. The topological polar surface area (TPSA) is 53.1 Å². The molecule has 0 radical (unpaired) electrons. The summed E-state index contributed by atoms with van der Waals surface area (Å²) in [7, 11) is 0. The molecular formula is C9H7NO2S. The minimum absolute atomic E-state index is 0.0544. The summed E-state index contributed by atoms with van der Waals surface area (Å²) >= 11 is 3.89. The molecule has 2 rings (SSSR count). The molecule has 0 spiro atoms. The molecule has 0 saturated heterocycles. The number of aromatic hydroxyl groups is 1. The van der Waals surface area contributed by atoms with Crippen LogP contribution in [0.2, 0.25) is 0 Å². The normalized spacial score (nSPS) is 10.5. The SMILES string of the molecule is O=c1[nH]c2ccccc2c(O)c1S. The number of pyridine rings is 1. The summed E-state index contributed by atoms with van der Waals surface area (Å²) in [6.45, 7) is 0. The van der Waals surface area contributed by atoms with E-state index in [4.69, 9.17) is 0 Å². The van der Waals surface area contributed by atoms with Crippen molar-refractivity contribution in [3.63, 3.8) is 0 Å². The molecule has 0 aliphatic heterocycles. The lowest BCUT2D eigenvalue weighted by Crippen LogP contribution is -2.06. The van der Waals surface area contributed by atoms with Gasteiger partial charge in [0.25, 0.3) is 5.56 Å². The Morgan fingerprint density at radius 2 is 2.00 bits per heavy atom. The third kappa shape index (κ3) is 1.19. The summed E-state index contributed by atoms with van der Waals surface area (Å²) in [4.78, 5) is 13.8. The van der Waals surface area contributed by atoms with Gasteiger partial charge in [-0.1, -0.05) is 12.1 Å². The van der Waals surface area contributed by atoms with Crippen molar-refractivity contribution in [2.45, 2.75) is 4.90 Å². The first kappa shape index (κ1) is 8.19. The Balaban J connectivity index is 3.02. The molecule has 0 aliphatic rings. The van der Waals surface area contributed by atoms with Crippen LogP contribution in [0, 0.1) is 0 Å². The highest BCUT2D eigenvalue weighted by Gasteiger charge is 2.06. The summed E-state index contributed by atoms with van der Waals surface area (Å²) in [5.41, 5.74) is 0.238. The largest absolute Gasteiger partial charge is 0.506 e. The number of hydrogen-bond donors (Lipinski definition) is 3. The van der Waals surface area contributed by atoms with Gasteiger partial charge in [0.05, 0.1) is 5.52 Å². The van der Waals surface area contributed by atoms with E-state index in [0.29, 0.717) is 10.9 Å². The molecule has 2 N–H and O–H groups in total. The summed E-state index contributed by atoms with van der Waals surface area (Å²) in [5, 5.41) is 10.1. The van der Waals surface area contributed by atoms with Crippen molar-refractivity contribution in [2.24, 2.45) is 0 Å². The number of nitrogens with one attached hydrogen (secondary N) is 1. The Hall–Kier alpha value is -1.42. The number of aromatic amines is 1. The number of benzene rings is 1. The molecule has 0 aliphatic carbocycles. The molecule has 2 aromatic rings. The molecule has 0 fully saturated rings. The van der Waals surface area contributed by atoms with Gasteiger partial charge in [-0.05, 0) is 12.1 Å². The predicted octanol–water partition coefficient (Wildman–Crippen LogP) is 1.52. The van der Waals surface area contributed by atoms with Gasteiger partial charge < -0.3 is 10.1 Å². The lowest BCUT2D eigenvalue weighted by atomic mass is 10.2. The van der Waals surface area contributed by atoms with Crippen LogP contribution in [0.4, 0.5) is 0 Å². The molecule has 1 heterocycles. The maximum atomic E-state index is 11.2. The van der Waals surface area contributed by atoms with E-state index in [1.165, 1.54) is 0 Å². The van der Waals surface area contributed by atoms with Gasteiger partial charge in [0.1, 0.15) is 10.6 Å². The number of aromatic nitrogens is 1. The fourth-order valence-electron chi connectivity index (χ4n) is 1.22. The maximum Gasteiger partial charge on any atom is 0.265 e. The van der Waals surface area contributed by atoms with Crippen molar-refractivity contribution in [2.75, 3.05) is 0 Å². The average Bonchev–Trinajstić information content (AvgIpc) is 2.15. The molecule has 0 atom stereocenters. The van der Waals surface area contributed by atoms with Gasteiger partial charge in [-0.15, -0.1) is 12.6 Å². The minimum Gasteiger partial charge on any atom is -0.506 e. The van der Waals surface area contributed by atoms with Crippen LogP contribution in [0.25, 0.3) is 10.9 Å². The fraction of sp³-hybridized carbons (Fsp3) is 0. The van der Waals surface area contributed by atoms with Crippen LogP contribution in [0.5, 0.6) is 5.75 Å². The van der Waals surface area contributed by atoms with Crippen LogP contribution in [0.3, 0.4) is 0 Å². The first-order valence-corrected chi connectivity index (χ1v) is 4.18. The Morgan fingerprint density at radius 1 is 1.31 bits per heavy atom. The Morgan fingerprint density at radius 3 is 2.77 bits per heavy atom. The minimum atomic E-state index is -0.375. The summed E-state index contributed by atoms with van der Waals surface area (Å²) < 4.78 is 0. The molecule has 3 nitrogen and oxygen atoms in total. The Bertz CT molecular complexity index is 518. The van der Waals surface area contributed by atoms with E-state index in [9.17, 15) is 9.90 Å². The molecule has 0 saturated carbocycles. The van der Waals surface area contributed by atoms with Crippen molar-refractivity contribution in [1.82, 2.24) is 4.98 Å². The van der Waals surface area contributed by atoms with E-state index < -0.39 is 0 Å². The van der Waals surface area contributed by atoms with E-state index in [2.05, 4.69) is 17.6 Å². The smallest absolute Gasteiger partial charge is 0.265 e. The van der Waals surface area contributed by atoms with Crippen LogP contribution >= 0.6 is 12.6 Å². The van der Waals surface area contributed by atoms with Gasteiger partial charge in [0, 0.05) is 5.39 Å². The van der Waals surface area contributed by atoms with E-state index in [0.717, 1.165) is 0 Å². The van der Waals surface area contributed by atoms with Crippen LogP contribution < -0.4 is 5.56 Å². The highest BCUT2D eigenvalue weighted by molar-refractivity contribution is 7.80. The lowest BCUT2D eigenvalue weighted by molar-refractivity contribution is 0.467. The van der Waals surface area contributed by atoms with Gasteiger partial charge in [-0.3, -0.25) is 4.79 Å². The zero-order chi connectivity index (χ0) is 9.42. The molecule has 0 unspecified atom stereocenters. The van der Waals surface area contributed by atoms with E-state index in [1.807, 2.05) is 0 Å². The number of H-pyrrole nitrogens is 1. The lowest BCUT2D eigenvalue weighted by Gasteiger charge is -2.01. The van der Waals surface area contributed by atoms with Crippen molar-refractivity contribution in [1.29, 1.82) is 0 Å². The quantitative estimate of drug-likeness (QED) is 0.556. The maximum absolute atomic E-state index is 11.2. The number of hydrogen-bond acceptors (Lipinski definition) is 3. The van der Waals surface area contributed by atoms with E-state index >= 15 is 0 Å². The number of rotatable bonds is 0.